The molecule has 32 heavy (non-hydrogen) atoms. The lowest BCUT2D eigenvalue weighted by Crippen LogP contribution is -2.36. The van der Waals surface area contributed by atoms with E-state index in [9.17, 15) is 4.79 Å². The van der Waals surface area contributed by atoms with Gasteiger partial charge in [0.05, 0.1) is 19.3 Å². The third-order valence-corrected chi connectivity index (χ3v) is 4.98. The van der Waals surface area contributed by atoms with Gasteiger partial charge < -0.3 is 10.1 Å². The fourth-order valence-electron chi connectivity index (χ4n) is 3.44. The number of aromatic nitrogens is 2. The van der Waals surface area contributed by atoms with Crippen LogP contribution in [0, 0.1) is 20.8 Å². The van der Waals surface area contributed by atoms with Crippen molar-refractivity contribution in [2.24, 2.45) is 4.99 Å². The van der Waals surface area contributed by atoms with Crippen LogP contribution in [0.15, 0.2) is 53.7 Å². The first kappa shape index (κ1) is 23.1. The van der Waals surface area contributed by atoms with Crippen LogP contribution in [0.5, 0.6) is 5.75 Å². The van der Waals surface area contributed by atoms with E-state index >= 15 is 0 Å². The van der Waals surface area contributed by atoms with Crippen molar-refractivity contribution in [2.45, 2.75) is 47.2 Å². The van der Waals surface area contributed by atoms with E-state index in [0.717, 1.165) is 41.0 Å². The number of methoxy groups -OCH3 is 1. The van der Waals surface area contributed by atoms with Crippen molar-refractivity contribution in [1.29, 1.82) is 0 Å². The Balaban J connectivity index is 1.84. The second-order valence-electron chi connectivity index (χ2n) is 7.85. The Hall–Kier alpha value is -3.61. The van der Waals surface area contributed by atoms with Gasteiger partial charge in [0.1, 0.15) is 5.75 Å². The molecule has 0 atom stereocenters. The molecular weight excluding hydrogens is 402 g/mol. The molecule has 0 radical (unpaired) electrons. The van der Waals surface area contributed by atoms with Crippen LogP contribution in [0.2, 0.25) is 0 Å². The summed E-state index contributed by atoms with van der Waals surface area (Å²) in [4.78, 5) is 17.5. The van der Waals surface area contributed by atoms with E-state index in [-0.39, 0.29) is 5.91 Å². The highest BCUT2D eigenvalue weighted by Crippen LogP contribution is 2.15. The quantitative estimate of drug-likeness (QED) is 0.421. The standard InChI is InChI=1S/C25H31N5O2/c1-6-11-30-16-21(19(4)29-30)15-26-25(27-22-13-17(2)12-18(3)14-22)28-24(31)20-7-9-23(32-5)10-8-20/h7-10,12-14,16H,6,11,15H2,1-5H3,(H2,26,27,28,31). The van der Waals surface area contributed by atoms with Crippen molar-refractivity contribution < 1.29 is 9.53 Å². The smallest absolute Gasteiger partial charge is 0.257 e. The van der Waals surface area contributed by atoms with Gasteiger partial charge in [-0.1, -0.05) is 13.0 Å². The summed E-state index contributed by atoms with van der Waals surface area (Å²) in [7, 11) is 1.60. The van der Waals surface area contributed by atoms with Crippen LogP contribution < -0.4 is 15.4 Å². The molecule has 7 nitrogen and oxygen atoms in total. The zero-order valence-corrected chi connectivity index (χ0v) is 19.4. The summed E-state index contributed by atoms with van der Waals surface area (Å²) in [5, 5.41) is 10.7. The Labute approximate surface area is 189 Å². The van der Waals surface area contributed by atoms with Crippen molar-refractivity contribution in [3.63, 3.8) is 0 Å². The number of guanidine groups is 1. The van der Waals surface area contributed by atoms with Crippen LogP contribution in [0.4, 0.5) is 5.69 Å². The molecule has 0 bridgehead atoms. The minimum absolute atomic E-state index is 0.248. The molecule has 0 fully saturated rings. The molecular formula is C25H31N5O2. The topological polar surface area (TPSA) is 80.5 Å². The first-order valence-corrected chi connectivity index (χ1v) is 10.8. The fraction of sp³-hybridized carbons (Fsp3) is 0.320. The predicted molar refractivity (Wildman–Crippen MR) is 128 cm³/mol. The van der Waals surface area contributed by atoms with Gasteiger partial charge in [0, 0.05) is 29.6 Å². The number of nitrogens with one attached hydrogen (secondary N) is 2. The van der Waals surface area contributed by atoms with Crippen LogP contribution in [0.3, 0.4) is 0 Å². The number of carbonyl (C=O) groups is 1. The van der Waals surface area contributed by atoms with E-state index in [1.54, 1.807) is 31.4 Å². The monoisotopic (exact) mass is 433 g/mol. The summed E-state index contributed by atoms with van der Waals surface area (Å²) in [6, 6.07) is 13.1. The van der Waals surface area contributed by atoms with E-state index in [1.165, 1.54) is 0 Å². The summed E-state index contributed by atoms with van der Waals surface area (Å²) in [6.45, 7) is 9.45. The normalized spacial score (nSPS) is 11.3. The average Bonchev–Trinajstić information content (AvgIpc) is 3.10. The summed E-state index contributed by atoms with van der Waals surface area (Å²) < 4.78 is 7.11. The van der Waals surface area contributed by atoms with E-state index in [4.69, 9.17) is 4.74 Å². The number of aliphatic imine (C=N–C) groups is 1. The summed E-state index contributed by atoms with van der Waals surface area (Å²) in [6.07, 6.45) is 3.03. The van der Waals surface area contributed by atoms with Crippen LogP contribution in [0.1, 0.15) is 46.1 Å². The van der Waals surface area contributed by atoms with Crippen LogP contribution in [-0.4, -0.2) is 28.8 Å². The number of hydrogen-bond acceptors (Lipinski definition) is 4. The molecule has 7 heteroatoms. The molecule has 3 aromatic rings. The van der Waals surface area contributed by atoms with Gasteiger partial charge in [-0.25, -0.2) is 4.99 Å². The number of nitrogens with zero attached hydrogens (tertiary/aromatic N) is 3. The maximum atomic E-state index is 12.9. The summed E-state index contributed by atoms with van der Waals surface area (Å²) in [5.41, 5.74) is 5.61. The van der Waals surface area contributed by atoms with Crippen LogP contribution >= 0.6 is 0 Å². The SMILES string of the molecule is CCCn1cc(CN=C(NC(=O)c2ccc(OC)cc2)Nc2cc(C)cc(C)c2)c(C)n1. The number of hydrogen-bond donors (Lipinski definition) is 2. The van der Waals surface area contributed by atoms with Crippen LogP contribution in [-0.2, 0) is 13.1 Å². The summed E-state index contributed by atoms with van der Waals surface area (Å²) >= 11 is 0. The first-order valence-electron chi connectivity index (χ1n) is 10.8. The molecule has 2 aromatic carbocycles. The third-order valence-electron chi connectivity index (χ3n) is 4.98. The minimum atomic E-state index is -0.248. The molecule has 1 heterocycles. The van der Waals surface area contributed by atoms with Crippen molar-refractivity contribution in [1.82, 2.24) is 15.1 Å². The molecule has 0 saturated heterocycles. The minimum Gasteiger partial charge on any atom is -0.497 e. The summed E-state index contributed by atoms with van der Waals surface area (Å²) in [5.74, 6) is 0.837. The van der Waals surface area contributed by atoms with E-state index in [1.807, 2.05) is 43.8 Å². The van der Waals surface area contributed by atoms with Gasteiger partial charge in [-0.05, 0) is 74.7 Å². The molecule has 0 aliphatic rings. The molecule has 1 aromatic heterocycles. The number of amides is 1. The average molecular weight is 434 g/mol. The Bertz CT molecular complexity index is 1080. The first-order chi connectivity index (χ1) is 15.4. The zero-order valence-electron chi connectivity index (χ0n) is 19.4. The lowest BCUT2D eigenvalue weighted by atomic mass is 10.1. The van der Waals surface area contributed by atoms with Gasteiger partial charge in [-0.15, -0.1) is 0 Å². The predicted octanol–water partition coefficient (Wildman–Crippen LogP) is 4.63. The molecule has 2 N–H and O–H groups in total. The highest BCUT2D eigenvalue weighted by Gasteiger charge is 2.11. The number of carbonyl (C=O) groups excluding carboxylic acids is 1. The Kier molecular flexibility index (Phi) is 7.65. The molecule has 3 rings (SSSR count). The fourth-order valence-corrected chi connectivity index (χ4v) is 3.44. The Morgan fingerprint density at radius 2 is 1.78 bits per heavy atom. The van der Waals surface area contributed by atoms with E-state index in [0.29, 0.717) is 23.8 Å². The molecule has 0 aliphatic heterocycles. The largest absolute Gasteiger partial charge is 0.497 e. The Morgan fingerprint density at radius 3 is 2.41 bits per heavy atom. The van der Waals surface area contributed by atoms with Gasteiger partial charge in [0.25, 0.3) is 5.91 Å². The van der Waals surface area contributed by atoms with Gasteiger partial charge in [0.2, 0.25) is 5.96 Å². The maximum Gasteiger partial charge on any atom is 0.257 e. The second-order valence-corrected chi connectivity index (χ2v) is 7.85. The lowest BCUT2D eigenvalue weighted by Gasteiger charge is -2.13. The number of aryl methyl sites for hydroxylation is 4. The molecule has 0 spiro atoms. The van der Waals surface area contributed by atoms with Gasteiger partial charge in [-0.3, -0.25) is 14.8 Å². The van der Waals surface area contributed by atoms with Crippen molar-refractivity contribution >= 4 is 17.6 Å². The van der Waals surface area contributed by atoms with E-state index in [2.05, 4.69) is 33.7 Å². The number of rotatable bonds is 7. The molecule has 0 saturated carbocycles. The van der Waals surface area contributed by atoms with Crippen molar-refractivity contribution in [3.8, 4) is 5.75 Å². The number of anilines is 1. The zero-order chi connectivity index (χ0) is 23.1. The highest BCUT2D eigenvalue weighted by molar-refractivity contribution is 6.10. The van der Waals surface area contributed by atoms with Crippen molar-refractivity contribution in [3.05, 3.63) is 76.6 Å². The molecule has 168 valence electrons. The second kappa shape index (κ2) is 10.6. The number of benzene rings is 2. The van der Waals surface area contributed by atoms with E-state index < -0.39 is 0 Å². The number of ether oxygens (including phenoxy) is 1. The van der Waals surface area contributed by atoms with Gasteiger partial charge >= 0.3 is 0 Å². The van der Waals surface area contributed by atoms with Crippen LogP contribution in [0.25, 0.3) is 0 Å². The molecule has 0 aliphatic carbocycles. The molecule has 0 unspecified atom stereocenters. The lowest BCUT2D eigenvalue weighted by molar-refractivity contribution is 0.0977. The molecule has 1 amide bonds. The Morgan fingerprint density at radius 1 is 1.09 bits per heavy atom. The highest BCUT2D eigenvalue weighted by atomic mass is 16.5. The van der Waals surface area contributed by atoms with Crippen molar-refractivity contribution in [2.75, 3.05) is 12.4 Å². The van der Waals surface area contributed by atoms with Gasteiger partial charge in [-0.2, -0.15) is 5.10 Å². The third kappa shape index (κ3) is 6.20. The van der Waals surface area contributed by atoms with Gasteiger partial charge in [0.15, 0.2) is 0 Å². The maximum absolute atomic E-state index is 12.9.